The van der Waals surface area contributed by atoms with E-state index in [9.17, 15) is 4.79 Å². The summed E-state index contributed by atoms with van der Waals surface area (Å²) in [6.07, 6.45) is 1.50. The molecule has 0 heterocycles. The highest BCUT2D eigenvalue weighted by molar-refractivity contribution is 6.33. The van der Waals surface area contributed by atoms with Gasteiger partial charge in [-0.25, -0.2) is 5.43 Å². The number of nitrogens with one attached hydrogen (secondary N) is 1. The number of ether oxygens (including phenoxy) is 1. The maximum atomic E-state index is 11.7. The van der Waals surface area contributed by atoms with Gasteiger partial charge in [-0.2, -0.15) is 5.10 Å². The van der Waals surface area contributed by atoms with Gasteiger partial charge in [0.05, 0.1) is 6.21 Å². The smallest absolute Gasteiger partial charge is 0.277 e. The molecule has 2 aromatic carbocycles. The minimum Gasteiger partial charge on any atom is -0.484 e. The molecule has 4 nitrogen and oxygen atoms in total. The third-order valence-corrected chi connectivity index (χ3v) is 3.56. The van der Waals surface area contributed by atoms with Crippen LogP contribution in [0, 0.1) is 0 Å². The van der Waals surface area contributed by atoms with Gasteiger partial charge in [0.25, 0.3) is 5.91 Å². The number of carbonyl (C=O) groups excluding carboxylic acids is 1. The average molecular weight is 331 g/mol. The molecule has 5 heteroatoms. The van der Waals surface area contributed by atoms with Gasteiger partial charge in [-0.15, -0.1) is 0 Å². The van der Waals surface area contributed by atoms with E-state index >= 15 is 0 Å². The van der Waals surface area contributed by atoms with Crippen LogP contribution in [0.3, 0.4) is 0 Å². The monoisotopic (exact) mass is 330 g/mol. The second kappa shape index (κ2) is 8.34. The van der Waals surface area contributed by atoms with E-state index in [1.807, 2.05) is 42.5 Å². The summed E-state index contributed by atoms with van der Waals surface area (Å²) < 4.78 is 5.42. The summed E-state index contributed by atoms with van der Waals surface area (Å²) in [6.45, 7) is 4.15. The minimum absolute atomic E-state index is 0.0963. The van der Waals surface area contributed by atoms with Gasteiger partial charge in [-0.3, -0.25) is 4.79 Å². The Morgan fingerprint density at radius 2 is 1.91 bits per heavy atom. The van der Waals surface area contributed by atoms with Gasteiger partial charge in [0.1, 0.15) is 5.75 Å². The van der Waals surface area contributed by atoms with Crippen molar-refractivity contribution in [3.63, 3.8) is 0 Å². The highest BCUT2D eigenvalue weighted by Gasteiger charge is 2.03. The number of benzene rings is 2. The fourth-order valence-corrected chi connectivity index (χ4v) is 2.07. The molecule has 0 aliphatic rings. The van der Waals surface area contributed by atoms with Crippen molar-refractivity contribution in [3.05, 3.63) is 64.7 Å². The molecule has 0 aromatic heterocycles. The largest absolute Gasteiger partial charge is 0.484 e. The van der Waals surface area contributed by atoms with E-state index in [2.05, 4.69) is 24.4 Å². The number of hydrogen-bond acceptors (Lipinski definition) is 3. The Hall–Kier alpha value is -2.33. The van der Waals surface area contributed by atoms with Crippen molar-refractivity contribution < 1.29 is 9.53 Å². The first-order valence-electron chi connectivity index (χ1n) is 7.35. The summed E-state index contributed by atoms with van der Waals surface area (Å²) in [5, 5.41) is 4.44. The SMILES string of the molecule is CC(C)c1ccc(OCC(=O)N/N=C/c2ccccc2Cl)cc1. The maximum absolute atomic E-state index is 11.7. The van der Waals surface area contributed by atoms with Crippen molar-refractivity contribution in [1.29, 1.82) is 0 Å². The van der Waals surface area contributed by atoms with Crippen LogP contribution in [0.15, 0.2) is 53.6 Å². The molecule has 2 rings (SSSR count). The normalized spacial score (nSPS) is 11.0. The Balaban J connectivity index is 1.80. The number of halogens is 1. The molecule has 0 fully saturated rings. The predicted molar refractivity (Wildman–Crippen MR) is 93.2 cm³/mol. The lowest BCUT2D eigenvalue weighted by molar-refractivity contribution is -0.123. The van der Waals surface area contributed by atoms with E-state index in [1.54, 1.807) is 6.07 Å². The summed E-state index contributed by atoms with van der Waals surface area (Å²) in [6, 6.07) is 14.9. The van der Waals surface area contributed by atoms with E-state index in [-0.39, 0.29) is 12.5 Å². The van der Waals surface area contributed by atoms with E-state index in [4.69, 9.17) is 16.3 Å². The van der Waals surface area contributed by atoms with Gasteiger partial charge in [-0.1, -0.05) is 55.8 Å². The van der Waals surface area contributed by atoms with Gasteiger partial charge in [0, 0.05) is 10.6 Å². The number of hydrazone groups is 1. The van der Waals surface area contributed by atoms with Gasteiger partial charge in [0.2, 0.25) is 0 Å². The van der Waals surface area contributed by atoms with Crippen molar-refractivity contribution in [2.24, 2.45) is 5.10 Å². The molecule has 0 saturated carbocycles. The average Bonchev–Trinajstić information content (AvgIpc) is 2.55. The van der Waals surface area contributed by atoms with Crippen molar-refractivity contribution in [3.8, 4) is 5.75 Å². The lowest BCUT2D eigenvalue weighted by atomic mass is 10.0. The fourth-order valence-electron chi connectivity index (χ4n) is 1.88. The molecule has 0 aliphatic carbocycles. The number of rotatable bonds is 6. The quantitative estimate of drug-likeness (QED) is 0.643. The zero-order chi connectivity index (χ0) is 16.7. The first-order valence-corrected chi connectivity index (χ1v) is 7.73. The molecule has 1 N–H and O–H groups in total. The van der Waals surface area contributed by atoms with Crippen molar-refractivity contribution in [1.82, 2.24) is 5.43 Å². The molecule has 0 saturated heterocycles. The van der Waals surface area contributed by atoms with Crippen LogP contribution < -0.4 is 10.2 Å². The molecule has 2 aromatic rings. The van der Waals surface area contributed by atoms with E-state index in [0.717, 1.165) is 5.56 Å². The van der Waals surface area contributed by atoms with Gasteiger partial charge >= 0.3 is 0 Å². The predicted octanol–water partition coefficient (Wildman–Crippen LogP) is 3.99. The third-order valence-electron chi connectivity index (χ3n) is 3.21. The second-order valence-electron chi connectivity index (χ2n) is 5.33. The zero-order valence-electron chi connectivity index (χ0n) is 13.1. The first kappa shape index (κ1) is 17.0. The number of hydrogen-bond donors (Lipinski definition) is 1. The Kier molecular flexibility index (Phi) is 6.18. The molecule has 0 unspecified atom stereocenters. The molecule has 0 bridgehead atoms. The van der Waals surface area contributed by atoms with Crippen molar-refractivity contribution in [2.75, 3.05) is 6.61 Å². The summed E-state index contributed by atoms with van der Waals surface area (Å²) in [5.41, 5.74) is 4.37. The van der Waals surface area contributed by atoms with E-state index < -0.39 is 0 Å². The van der Waals surface area contributed by atoms with Crippen LogP contribution >= 0.6 is 11.6 Å². The molecule has 0 atom stereocenters. The van der Waals surface area contributed by atoms with E-state index in [0.29, 0.717) is 16.7 Å². The Bertz CT molecular complexity index is 682. The lowest BCUT2D eigenvalue weighted by Crippen LogP contribution is -2.24. The van der Waals surface area contributed by atoms with Crippen LogP contribution in [0.5, 0.6) is 5.75 Å². The van der Waals surface area contributed by atoms with Gasteiger partial charge < -0.3 is 4.74 Å². The molecule has 0 aliphatic heterocycles. The summed E-state index contributed by atoms with van der Waals surface area (Å²) in [7, 11) is 0. The highest BCUT2D eigenvalue weighted by atomic mass is 35.5. The van der Waals surface area contributed by atoms with E-state index in [1.165, 1.54) is 11.8 Å². The van der Waals surface area contributed by atoms with Gasteiger partial charge in [-0.05, 0) is 29.7 Å². The summed E-state index contributed by atoms with van der Waals surface area (Å²) in [5.74, 6) is 0.785. The summed E-state index contributed by atoms with van der Waals surface area (Å²) >= 11 is 5.99. The minimum atomic E-state index is -0.332. The maximum Gasteiger partial charge on any atom is 0.277 e. The number of carbonyl (C=O) groups is 1. The van der Waals surface area contributed by atoms with Crippen molar-refractivity contribution >= 4 is 23.7 Å². The number of amides is 1. The summed E-state index contributed by atoms with van der Waals surface area (Å²) in [4.78, 5) is 11.7. The fraction of sp³-hybridized carbons (Fsp3) is 0.222. The first-order chi connectivity index (χ1) is 11.1. The molecule has 120 valence electrons. The molecule has 1 amide bonds. The third kappa shape index (κ3) is 5.42. The van der Waals surface area contributed by atoms with Crippen LogP contribution in [0.25, 0.3) is 0 Å². The molecule has 0 spiro atoms. The van der Waals surface area contributed by atoms with Crippen LogP contribution in [-0.4, -0.2) is 18.7 Å². The van der Waals surface area contributed by atoms with Crippen molar-refractivity contribution in [2.45, 2.75) is 19.8 Å². The zero-order valence-corrected chi connectivity index (χ0v) is 13.9. The van der Waals surface area contributed by atoms with Crippen LogP contribution in [-0.2, 0) is 4.79 Å². The van der Waals surface area contributed by atoms with Crippen LogP contribution in [0.1, 0.15) is 30.9 Å². The second-order valence-corrected chi connectivity index (χ2v) is 5.73. The lowest BCUT2D eigenvalue weighted by Gasteiger charge is -2.08. The topological polar surface area (TPSA) is 50.7 Å². The highest BCUT2D eigenvalue weighted by Crippen LogP contribution is 2.18. The Labute approximate surface area is 141 Å². The van der Waals surface area contributed by atoms with Crippen LogP contribution in [0.4, 0.5) is 0 Å². The molecular weight excluding hydrogens is 312 g/mol. The molecule has 0 radical (unpaired) electrons. The standard InChI is InChI=1S/C18H19ClN2O2/c1-13(2)14-7-9-16(10-8-14)23-12-18(22)21-20-11-15-5-3-4-6-17(15)19/h3-11,13H,12H2,1-2H3,(H,21,22)/b20-11+. The van der Waals surface area contributed by atoms with Crippen LogP contribution in [0.2, 0.25) is 5.02 Å². The van der Waals surface area contributed by atoms with Gasteiger partial charge in [0.15, 0.2) is 6.61 Å². The number of nitrogens with zero attached hydrogens (tertiary/aromatic N) is 1. The Morgan fingerprint density at radius 1 is 1.22 bits per heavy atom. The molecular formula is C18H19ClN2O2. The Morgan fingerprint density at radius 3 is 2.57 bits per heavy atom. The molecule has 23 heavy (non-hydrogen) atoms.